The minimum Gasteiger partial charge on any atom is -0.342 e. The molecule has 2 aromatic rings. The van der Waals surface area contributed by atoms with E-state index < -0.39 is 11.7 Å². The van der Waals surface area contributed by atoms with Crippen molar-refractivity contribution in [1.82, 2.24) is 9.88 Å². The van der Waals surface area contributed by atoms with Crippen molar-refractivity contribution in [2.24, 2.45) is 5.92 Å². The predicted octanol–water partition coefficient (Wildman–Crippen LogP) is 5.94. The number of carbonyl (C=O) groups is 2. The molecule has 1 saturated heterocycles. The van der Waals surface area contributed by atoms with Gasteiger partial charge in [0.25, 0.3) is 5.91 Å². The molecule has 1 aliphatic heterocycles. The van der Waals surface area contributed by atoms with E-state index in [1.807, 2.05) is 17.9 Å². The van der Waals surface area contributed by atoms with E-state index in [4.69, 9.17) is 11.6 Å². The third-order valence-electron chi connectivity index (χ3n) is 6.73. The molecule has 0 bridgehead atoms. The van der Waals surface area contributed by atoms with Gasteiger partial charge in [0.2, 0.25) is 5.91 Å². The molecule has 2 heterocycles. The molecule has 2 amide bonds. The van der Waals surface area contributed by atoms with Gasteiger partial charge in [-0.3, -0.25) is 14.6 Å². The van der Waals surface area contributed by atoms with E-state index in [9.17, 15) is 14.0 Å². The average Bonchev–Trinajstić information content (AvgIpc) is 3.34. The summed E-state index contributed by atoms with van der Waals surface area (Å²) in [5, 5.41) is 3.34. The highest BCUT2D eigenvalue weighted by molar-refractivity contribution is 6.31. The number of likely N-dealkylation sites (tertiary alicyclic amines) is 1. The van der Waals surface area contributed by atoms with Crippen molar-refractivity contribution in [3.8, 4) is 0 Å². The Kier molecular flexibility index (Phi) is 7.13. The van der Waals surface area contributed by atoms with Crippen LogP contribution in [0.3, 0.4) is 0 Å². The Morgan fingerprint density at radius 2 is 1.85 bits per heavy atom. The minimum atomic E-state index is -0.520. The molecule has 1 N–H and O–H groups in total. The van der Waals surface area contributed by atoms with E-state index in [1.165, 1.54) is 17.8 Å². The van der Waals surface area contributed by atoms with Crippen molar-refractivity contribution in [2.75, 3.05) is 18.4 Å². The van der Waals surface area contributed by atoms with Crippen molar-refractivity contribution >= 4 is 35.2 Å². The number of rotatable bonds is 4. The van der Waals surface area contributed by atoms with Crippen LogP contribution in [-0.4, -0.2) is 34.8 Å². The highest BCUT2D eigenvalue weighted by Crippen LogP contribution is 2.31. The highest BCUT2D eigenvalue weighted by atomic mass is 35.5. The number of benzene rings is 1. The predicted molar refractivity (Wildman–Crippen MR) is 129 cm³/mol. The van der Waals surface area contributed by atoms with Crippen molar-refractivity contribution in [3.63, 3.8) is 0 Å². The molecule has 0 unspecified atom stereocenters. The van der Waals surface area contributed by atoms with Gasteiger partial charge in [0.15, 0.2) is 0 Å². The monoisotopic (exact) mass is 469 g/mol. The van der Waals surface area contributed by atoms with Crippen LogP contribution in [0.15, 0.2) is 30.0 Å². The first-order chi connectivity index (χ1) is 15.8. The van der Waals surface area contributed by atoms with Crippen molar-refractivity contribution in [2.45, 2.75) is 52.4 Å². The van der Waals surface area contributed by atoms with E-state index in [-0.39, 0.29) is 17.2 Å². The fourth-order valence-corrected chi connectivity index (χ4v) is 4.84. The van der Waals surface area contributed by atoms with Gasteiger partial charge >= 0.3 is 0 Å². The summed E-state index contributed by atoms with van der Waals surface area (Å²) in [5.41, 5.74) is 4.04. The standard InChI is InChI=1S/C26H29ClFN3O2/c1-16-20(11-18-7-9-31(10-8-18)26(33)19-5-3-4-6-19)12-22(27)14-24(16)30-25(32)21-13-23(28)17(2)29-15-21/h11-15,19H,3-10H2,1-2H3,(H,30,32). The number of hydrogen-bond donors (Lipinski definition) is 1. The fourth-order valence-electron chi connectivity index (χ4n) is 4.61. The molecule has 0 spiro atoms. The molecule has 33 heavy (non-hydrogen) atoms. The SMILES string of the molecule is Cc1ncc(C(=O)Nc2cc(Cl)cc(C=C3CCN(C(=O)C4CCCC4)CC3)c2C)cc1F. The van der Waals surface area contributed by atoms with Gasteiger partial charge in [0, 0.05) is 35.9 Å². The first-order valence-corrected chi connectivity index (χ1v) is 11.9. The maximum absolute atomic E-state index is 13.8. The van der Waals surface area contributed by atoms with E-state index in [2.05, 4.69) is 16.4 Å². The molecular formula is C26H29ClFN3O2. The van der Waals surface area contributed by atoms with Gasteiger partial charge in [-0.2, -0.15) is 0 Å². The van der Waals surface area contributed by atoms with E-state index in [0.29, 0.717) is 16.6 Å². The molecule has 5 nitrogen and oxygen atoms in total. The van der Waals surface area contributed by atoms with Gasteiger partial charge in [-0.15, -0.1) is 0 Å². The minimum absolute atomic E-state index is 0.150. The van der Waals surface area contributed by atoms with Gasteiger partial charge in [0.05, 0.1) is 11.3 Å². The number of piperidine rings is 1. The Morgan fingerprint density at radius 3 is 2.52 bits per heavy atom. The average molecular weight is 470 g/mol. The van der Waals surface area contributed by atoms with Crippen molar-refractivity contribution < 1.29 is 14.0 Å². The Balaban J connectivity index is 1.46. The van der Waals surface area contributed by atoms with Crippen LogP contribution in [0.2, 0.25) is 5.02 Å². The molecule has 1 aromatic carbocycles. The van der Waals surface area contributed by atoms with Crippen LogP contribution in [0.5, 0.6) is 0 Å². The van der Waals surface area contributed by atoms with Crippen molar-refractivity contribution in [1.29, 1.82) is 0 Å². The number of hydrogen-bond acceptors (Lipinski definition) is 3. The van der Waals surface area contributed by atoms with Gasteiger partial charge in [-0.25, -0.2) is 4.39 Å². The molecule has 1 aromatic heterocycles. The number of nitrogens with zero attached hydrogens (tertiary/aromatic N) is 2. The molecule has 1 aliphatic carbocycles. The number of nitrogens with one attached hydrogen (secondary N) is 1. The zero-order chi connectivity index (χ0) is 23.5. The lowest BCUT2D eigenvalue weighted by Crippen LogP contribution is -2.39. The zero-order valence-corrected chi connectivity index (χ0v) is 19.8. The molecule has 2 fully saturated rings. The molecule has 2 aliphatic rings. The number of halogens is 2. The number of aryl methyl sites for hydroxylation is 1. The van der Waals surface area contributed by atoms with E-state index in [1.54, 1.807) is 13.0 Å². The summed E-state index contributed by atoms with van der Waals surface area (Å²) < 4.78 is 13.8. The third kappa shape index (κ3) is 5.44. The Hall–Kier alpha value is -2.73. The van der Waals surface area contributed by atoms with Crippen LogP contribution in [-0.2, 0) is 4.79 Å². The first kappa shape index (κ1) is 23.4. The maximum Gasteiger partial charge on any atom is 0.257 e. The number of amides is 2. The fraction of sp³-hybridized carbons (Fsp3) is 0.423. The molecule has 0 atom stereocenters. The lowest BCUT2D eigenvalue weighted by molar-refractivity contribution is -0.135. The van der Waals surface area contributed by atoms with Crippen molar-refractivity contribution in [3.05, 3.63) is 63.2 Å². The van der Waals surface area contributed by atoms with Crippen LogP contribution < -0.4 is 5.32 Å². The lowest BCUT2D eigenvalue weighted by atomic mass is 9.96. The van der Waals surface area contributed by atoms with Crippen LogP contribution >= 0.6 is 11.6 Å². The molecule has 0 radical (unpaired) electrons. The normalized spacial score (nSPS) is 16.7. The number of anilines is 1. The second-order valence-corrected chi connectivity index (χ2v) is 9.46. The maximum atomic E-state index is 13.8. The van der Waals surface area contributed by atoms with Crippen LogP contribution in [0.1, 0.15) is 65.7 Å². The summed E-state index contributed by atoms with van der Waals surface area (Å²) >= 11 is 6.35. The number of carbonyl (C=O) groups excluding carboxylic acids is 2. The zero-order valence-electron chi connectivity index (χ0n) is 19.1. The number of pyridine rings is 1. The van der Waals surface area contributed by atoms with Gasteiger partial charge in [0.1, 0.15) is 5.82 Å². The Morgan fingerprint density at radius 1 is 1.15 bits per heavy atom. The highest BCUT2D eigenvalue weighted by Gasteiger charge is 2.28. The topological polar surface area (TPSA) is 62.3 Å². The Bertz CT molecular complexity index is 1100. The molecular weight excluding hydrogens is 441 g/mol. The smallest absolute Gasteiger partial charge is 0.257 e. The van der Waals surface area contributed by atoms with Gasteiger partial charge < -0.3 is 10.2 Å². The van der Waals surface area contributed by atoms with E-state index in [0.717, 1.165) is 62.7 Å². The van der Waals surface area contributed by atoms with Crippen LogP contribution in [0, 0.1) is 25.6 Å². The summed E-state index contributed by atoms with van der Waals surface area (Å²) in [5.74, 6) is -0.427. The number of aromatic nitrogens is 1. The summed E-state index contributed by atoms with van der Waals surface area (Å²) in [4.78, 5) is 31.3. The summed E-state index contributed by atoms with van der Waals surface area (Å²) in [6.07, 6.45) is 9.52. The van der Waals surface area contributed by atoms with Crippen LogP contribution in [0.4, 0.5) is 10.1 Å². The van der Waals surface area contributed by atoms with Gasteiger partial charge in [-0.1, -0.05) is 36.1 Å². The summed E-state index contributed by atoms with van der Waals surface area (Å²) in [6.45, 7) is 4.96. The molecule has 7 heteroatoms. The quantitative estimate of drug-likeness (QED) is 0.602. The first-order valence-electron chi connectivity index (χ1n) is 11.5. The molecule has 1 saturated carbocycles. The van der Waals surface area contributed by atoms with E-state index >= 15 is 0 Å². The summed E-state index contributed by atoms with van der Waals surface area (Å²) in [6, 6.07) is 4.75. The Labute approximate surface area is 199 Å². The third-order valence-corrected chi connectivity index (χ3v) is 6.95. The largest absolute Gasteiger partial charge is 0.342 e. The lowest BCUT2D eigenvalue weighted by Gasteiger charge is -2.30. The summed E-state index contributed by atoms with van der Waals surface area (Å²) in [7, 11) is 0. The second-order valence-electron chi connectivity index (χ2n) is 9.02. The van der Waals surface area contributed by atoms with Crippen LogP contribution in [0.25, 0.3) is 6.08 Å². The van der Waals surface area contributed by atoms with Gasteiger partial charge in [-0.05, 0) is 68.9 Å². The second kappa shape index (κ2) is 10.0. The molecule has 174 valence electrons. The molecule has 4 rings (SSSR count).